The van der Waals surface area contributed by atoms with E-state index < -0.39 is 10.8 Å². The third-order valence-corrected chi connectivity index (χ3v) is 3.46. The summed E-state index contributed by atoms with van der Waals surface area (Å²) in [5.41, 5.74) is -0.199. The predicted molar refractivity (Wildman–Crippen MR) is 50.6 cm³/mol. The summed E-state index contributed by atoms with van der Waals surface area (Å²) >= 11 is 0. The van der Waals surface area contributed by atoms with Gasteiger partial charge in [-0.1, -0.05) is 0 Å². The van der Waals surface area contributed by atoms with Gasteiger partial charge in [-0.25, -0.2) is 0 Å². The third-order valence-electron chi connectivity index (χ3n) is 2.70. The molecule has 2 aliphatic rings. The molecule has 2 fully saturated rings. The second-order valence-corrected chi connectivity index (χ2v) is 5.32. The first-order valence-electron chi connectivity index (χ1n) is 4.48. The normalized spacial score (nSPS) is 26.8. The van der Waals surface area contributed by atoms with Crippen molar-refractivity contribution in [2.45, 2.75) is 18.4 Å². The number of carbonyl (C=O) groups excluding carboxylic acids is 1. The van der Waals surface area contributed by atoms with Crippen molar-refractivity contribution in [3.63, 3.8) is 0 Å². The predicted octanol–water partition coefficient (Wildman–Crippen LogP) is -0.713. The maximum atomic E-state index is 11.7. The highest BCUT2D eigenvalue weighted by molar-refractivity contribution is 7.84. The van der Waals surface area contributed by atoms with Gasteiger partial charge in [-0.2, -0.15) is 0 Å². The molecule has 1 amide bonds. The Labute approximate surface area is 80.1 Å². The van der Waals surface area contributed by atoms with Gasteiger partial charge in [0.25, 0.3) is 0 Å². The summed E-state index contributed by atoms with van der Waals surface area (Å²) in [5.74, 6) is 0.793. The lowest BCUT2D eigenvalue weighted by molar-refractivity contribution is -0.129. The van der Waals surface area contributed by atoms with Crippen molar-refractivity contribution in [2.75, 3.05) is 25.2 Å². The Morgan fingerprint density at radius 3 is 2.77 bits per heavy atom. The largest absolute Gasteiger partial charge is 0.327 e. The van der Waals surface area contributed by atoms with Crippen LogP contribution in [0.2, 0.25) is 0 Å². The smallest absolute Gasteiger partial charge is 0.243 e. The average Bonchev–Trinajstić information content (AvgIpc) is 2.77. The standard InChI is InChI=1S/C8H14N2O2S/c1-13(12)5-4-10-6-9-8(2-3-8)7(10)11/h9H,2-6H2,1H3. The topological polar surface area (TPSA) is 49.4 Å². The van der Waals surface area contributed by atoms with E-state index in [2.05, 4.69) is 5.32 Å². The molecule has 4 nitrogen and oxygen atoms in total. The van der Waals surface area contributed by atoms with Crippen LogP contribution in [0.3, 0.4) is 0 Å². The SMILES string of the molecule is CS(=O)CCN1CNC2(CC2)C1=O. The second kappa shape index (κ2) is 3.06. The monoisotopic (exact) mass is 202 g/mol. The van der Waals surface area contributed by atoms with Gasteiger partial charge in [0.05, 0.1) is 12.2 Å². The zero-order valence-electron chi connectivity index (χ0n) is 7.71. The van der Waals surface area contributed by atoms with Crippen LogP contribution in [0, 0.1) is 0 Å². The second-order valence-electron chi connectivity index (χ2n) is 3.76. The molecule has 1 unspecified atom stereocenters. The highest BCUT2D eigenvalue weighted by atomic mass is 32.2. The highest BCUT2D eigenvalue weighted by Gasteiger charge is 2.55. The van der Waals surface area contributed by atoms with E-state index in [1.807, 2.05) is 0 Å². The van der Waals surface area contributed by atoms with Crippen LogP contribution in [0.25, 0.3) is 0 Å². The molecule has 13 heavy (non-hydrogen) atoms. The zero-order valence-corrected chi connectivity index (χ0v) is 8.52. The molecule has 1 saturated carbocycles. The molecule has 74 valence electrons. The fourth-order valence-electron chi connectivity index (χ4n) is 1.63. The average molecular weight is 202 g/mol. The Hall–Kier alpha value is -0.420. The summed E-state index contributed by atoms with van der Waals surface area (Å²) in [6.45, 7) is 1.26. The minimum absolute atomic E-state index is 0.199. The molecule has 1 spiro atoms. The molecule has 0 aromatic carbocycles. The van der Waals surface area contributed by atoms with Gasteiger partial charge in [-0.15, -0.1) is 0 Å². The van der Waals surface area contributed by atoms with Crippen LogP contribution in [-0.4, -0.2) is 45.8 Å². The first-order chi connectivity index (χ1) is 6.14. The van der Waals surface area contributed by atoms with E-state index in [-0.39, 0.29) is 11.4 Å². The van der Waals surface area contributed by atoms with E-state index in [0.717, 1.165) is 12.8 Å². The molecule has 2 rings (SSSR count). The molecule has 1 aliphatic carbocycles. The molecule has 1 aliphatic heterocycles. The minimum atomic E-state index is -0.803. The van der Waals surface area contributed by atoms with Gasteiger partial charge in [0.15, 0.2) is 0 Å². The molecule has 1 N–H and O–H groups in total. The summed E-state index contributed by atoms with van der Waals surface area (Å²) < 4.78 is 10.8. The van der Waals surface area contributed by atoms with E-state index in [4.69, 9.17) is 0 Å². The first kappa shape index (κ1) is 9.15. The van der Waals surface area contributed by atoms with Crippen LogP contribution in [0.5, 0.6) is 0 Å². The first-order valence-corrected chi connectivity index (χ1v) is 6.21. The third kappa shape index (κ3) is 1.62. The molecule has 5 heteroatoms. The van der Waals surface area contributed by atoms with Gasteiger partial charge < -0.3 is 4.90 Å². The lowest BCUT2D eigenvalue weighted by Gasteiger charge is -2.13. The van der Waals surface area contributed by atoms with Crippen molar-refractivity contribution < 1.29 is 9.00 Å². The van der Waals surface area contributed by atoms with Crippen molar-refractivity contribution in [1.82, 2.24) is 10.2 Å². The number of hydrogen-bond donors (Lipinski definition) is 1. The van der Waals surface area contributed by atoms with Crippen LogP contribution in [0.4, 0.5) is 0 Å². The van der Waals surface area contributed by atoms with Gasteiger partial charge in [0.1, 0.15) is 0 Å². The fraction of sp³-hybridized carbons (Fsp3) is 0.875. The molecule has 0 radical (unpaired) electrons. The molecule has 1 saturated heterocycles. The van der Waals surface area contributed by atoms with Crippen molar-refractivity contribution in [3.8, 4) is 0 Å². The van der Waals surface area contributed by atoms with Crippen LogP contribution >= 0.6 is 0 Å². The van der Waals surface area contributed by atoms with Gasteiger partial charge in [0.2, 0.25) is 5.91 Å². The van der Waals surface area contributed by atoms with E-state index in [0.29, 0.717) is 19.0 Å². The molecule has 1 atom stereocenters. The zero-order chi connectivity index (χ0) is 9.47. The Kier molecular flexibility index (Phi) is 2.15. The molecule has 0 bridgehead atoms. The quantitative estimate of drug-likeness (QED) is 0.657. The van der Waals surface area contributed by atoms with Gasteiger partial charge >= 0.3 is 0 Å². The van der Waals surface area contributed by atoms with Crippen LogP contribution in [0.15, 0.2) is 0 Å². The Morgan fingerprint density at radius 1 is 1.62 bits per heavy atom. The van der Waals surface area contributed by atoms with E-state index in [1.165, 1.54) is 0 Å². The number of nitrogens with zero attached hydrogens (tertiary/aromatic N) is 1. The summed E-state index contributed by atoms with van der Waals surface area (Å²) in [6.07, 6.45) is 3.61. The maximum absolute atomic E-state index is 11.7. The Balaban J connectivity index is 1.88. The Morgan fingerprint density at radius 2 is 2.31 bits per heavy atom. The summed E-state index contributed by atoms with van der Waals surface area (Å²) in [7, 11) is -0.803. The number of nitrogens with one attached hydrogen (secondary N) is 1. The lowest BCUT2D eigenvalue weighted by atomic mass is 10.3. The Bertz CT molecular complexity index is 263. The molecular weight excluding hydrogens is 188 g/mol. The van der Waals surface area contributed by atoms with E-state index >= 15 is 0 Å². The van der Waals surface area contributed by atoms with Crippen LogP contribution < -0.4 is 5.32 Å². The minimum Gasteiger partial charge on any atom is -0.327 e. The van der Waals surface area contributed by atoms with Gasteiger partial charge in [-0.05, 0) is 12.8 Å². The van der Waals surface area contributed by atoms with Crippen molar-refractivity contribution in [3.05, 3.63) is 0 Å². The molecule has 0 aromatic heterocycles. The van der Waals surface area contributed by atoms with Crippen LogP contribution in [0.1, 0.15) is 12.8 Å². The number of amides is 1. The molecular formula is C8H14N2O2S. The highest BCUT2D eigenvalue weighted by Crippen LogP contribution is 2.39. The van der Waals surface area contributed by atoms with Crippen molar-refractivity contribution in [1.29, 1.82) is 0 Å². The van der Waals surface area contributed by atoms with Gasteiger partial charge in [0, 0.05) is 29.4 Å². The summed E-state index contributed by atoms with van der Waals surface area (Å²) in [5, 5.41) is 3.21. The summed E-state index contributed by atoms with van der Waals surface area (Å²) in [4.78, 5) is 13.4. The van der Waals surface area contributed by atoms with E-state index in [9.17, 15) is 9.00 Å². The van der Waals surface area contributed by atoms with E-state index in [1.54, 1.807) is 11.2 Å². The van der Waals surface area contributed by atoms with Crippen molar-refractivity contribution in [2.24, 2.45) is 0 Å². The molecule has 1 heterocycles. The van der Waals surface area contributed by atoms with Crippen molar-refractivity contribution >= 4 is 16.7 Å². The fourth-order valence-corrected chi connectivity index (χ4v) is 2.11. The number of hydrogen-bond acceptors (Lipinski definition) is 3. The number of carbonyl (C=O) groups is 1. The lowest BCUT2D eigenvalue weighted by Crippen LogP contribution is -2.34. The molecule has 0 aromatic rings. The maximum Gasteiger partial charge on any atom is 0.243 e. The van der Waals surface area contributed by atoms with Gasteiger partial charge in [-0.3, -0.25) is 14.3 Å². The summed E-state index contributed by atoms with van der Waals surface area (Å²) in [6, 6.07) is 0. The number of rotatable bonds is 3. The van der Waals surface area contributed by atoms with Crippen LogP contribution in [-0.2, 0) is 15.6 Å².